The Balaban J connectivity index is 1.57. The number of carboxylic acid groups (broad SMARTS) is 1. The minimum absolute atomic E-state index is 0.0568. The molecule has 3 atom stereocenters. The van der Waals surface area contributed by atoms with E-state index in [0.29, 0.717) is 30.4 Å². The second-order valence-electron chi connectivity index (χ2n) is 9.11. The number of aryl methyl sites for hydroxylation is 1. The van der Waals surface area contributed by atoms with Gasteiger partial charge in [-0.3, -0.25) is 9.59 Å². The number of nitrogens with zero attached hydrogens (tertiary/aromatic N) is 2. The molecule has 0 radical (unpaired) electrons. The van der Waals surface area contributed by atoms with Gasteiger partial charge in [0, 0.05) is 5.69 Å². The predicted molar refractivity (Wildman–Crippen MR) is 111 cm³/mol. The molecular formula is C22H24ClN3O3. The van der Waals surface area contributed by atoms with Crippen molar-refractivity contribution in [3.63, 3.8) is 0 Å². The fourth-order valence-electron chi connectivity index (χ4n) is 6.45. The largest absolute Gasteiger partial charge is 0.481 e. The molecule has 29 heavy (non-hydrogen) atoms. The van der Waals surface area contributed by atoms with Crippen molar-refractivity contribution in [2.75, 3.05) is 5.32 Å². The lowest BCUT2D eigenvalue weighted by Gasteiger charge is -2.59. The highest BCUT2D eigenvalue weighted by Crippen LogP contribution is 2.61. The summed E-state index contributed by atoms with van der Waals surface area (Å²) in [6.07, 6.45) is 5.99. The summed E-state index contributed by atoms with van der Waals surface area (Å²) in [6, 6.07) is 7.77. The Labute approximate surface area is 173 Å². The number of carbonyl (C=O) groups is 1. The smallest absolute Gasteiger partial charge is 0.309 e. The molecule has 4 fully saturated rings. The van der Waals surface area contributed by atoms with E-state index in [1.54, 1.807) is 6.20 Å². The van der Waals surface area contributed by atoms with Crippen LogP contribution in [0.3, 0.4) is 0 Å². The molecule has 0 saturated heterocycles. The SMILES string of the molecule is Cc1cccc(Nc2cnn(C34C[C@@H]5CC(C[C@H](C5)C3)[C@@H]4C(=O)O)c(=O)c2Cl)c1. The van der Waals surface area contributed by atoms with E-state index in [1.165, 1.54) is 4.68 Å². The number of nitrogens with one attached hydrogen (secondary N) is 1. The third kappa shape index (κ3) is 2.88. The van der Waals surface area contributed by atoms with Gasteiger partial charge >= 0.3 is 5.97 Å². The minimum Gasteiger partial charge on any atom is -0.481 e. The lowest BCUT2D eigenvalue weighted by molar-refractivity contribution is -0.168. The van der Waals surface area contributed by atoms with E-state index in [0.717, 1.165) is 30.5 Å². The summed E-state index contributed by atoms with van der Waals surface area (Å²) in [5, 5.41) is 17.7. The summed E-state index contributed by atoms with van der Waals surface area (Å²) >= 11 is 6.47. The van der Waals surface area contributed by atoms with Gasteiger partial charge in [0.15, 0.2) is 0 Å². The summed E-state index contributed by atoms with van der Waals surface area (Å²) in [5.41, 5.74) is 1.19. The molecule has 0 unspecified atom stereocenters. The minimum atomic E-state index is -0.819. The third-order valence-electron chi connectivity index (χ3n) is 7.18. The van der Waals surface area contributed by atoms with E-state index in [9.17, 15) is 14.7 Å². The van der Waals surface area contributed by atoms with E-state index in [4.69, 9.17) is 11.6 Å². The fraction of sp³-hybridized carbons (Fsp3) is 0.500. The Morgan fingerprint density at radius 3 is 2.66 bits per heavy atom. The number of anilines is 2. The fourth-order valence-corrected chi connectivity index (χ4v) is 6.63. The molecule has 6 rings (SSSR count). The molecule has 2 aromatic rings. The molecule has 1 heterocycles. The first kappa shape index (κ1) is 18.7. The van der Waals surface area contributed by atoms with Gasteiger partial charge in [0.2, 0.25) is 0 Å². The molecule has 2 N–H and O–H groups in total. The standard InChI is InChI=1S/C22H24ClN3O3/c1-12-3-2-4-16(5-12)25-17-11-24-26(20(27)19(17)23)22-9-13-6-14(10-22)8-15(7-13)18(22)21(28)29/h2-5,11,13-15,18,25H,6-10H2,1H3,(H,28,29)/t13-,14-,15?,18+,22?/m0/s1. The van der Waals surface area contributed by atoms with Crippen LogP contribution in [-0.4, -0.2) is 20.9 Å². The van der Waals surface area contributed by atoms with Crippen molar-refractivity contribution < 1.29 is 9.90 Å². The zero-order valence-electron chi connectivity index (χ0n) is 16.3. The van der Waals surface area contributed by atoms with Crippen LogP contribution >= 0.6 is 11.6 Å². The van der Waals surface area contributed by atoms with Crippen molar-refractivity contribution in [2.45, 2.75) is 44.6 Å². The number of aliphatic carboxylic acids is 1. The second-order valence-corrected chi connectivity index (χ2v) is 9.49. The zero-order valence-corrected chi connectivity index (χ0v) is 17.0. The van der Waals surface area contributed by atoms with Crippen molar-refractivity contribution in [1.82, 2.24) is 9.78 Å². The van der Waals surface area contributed by atoms with Crippen LogP contribution in [0.5, 0.6) is 0 Å². The van der Waals surface area contributed by atoms with Crippen LogP contribution in [0.15, 0.2) is 35.3 Å². The Kier molecular flexibility index (Phi) is 4.24. The van der Waals surface area contributed by atoms with Crippen LogP contribution in [0.2, 0.25) is 5.02 Å². The number of halogens is 1. The number of hydrogen-bond donors (Lipinski definition) is 2. The topological polar surface area (TPSA) is 84.2 Å². The van der Waals surface area contributed by atoms with Gasteiger partial charge in [0.25, 0.3) is 5.56 Å². The Bertz CT molecular complexity index is 1040. The molecule has 4 saturated carbocycles. The summed E-state index contributed by atoms with van der Waals surface area (Å²) < 4.78 is 1.42. The molecule has 4 aliphatic carbocycles. The Hall–Kier alpha value is -2.34. The highest BCUT2D eigenvalue weighted by molar-refractivity contribution is 6.33. The highest BCUT2D eigenvalue weighted by atomic mass is 35.5. The van der Waals surface area contributed by atoms with Crippen molar-refractivity contribution in [1.29, 1.82) is 0 Å². The van der Waals surface area contributed by atoms with Crippen molar-refractivity contribution in [3.8, 4) is 0 Å². The summed E-state index contributed by atoms with van der Waals surface area (Å²) in [7, 11) is 0. The average Bonchev–Trinajstić information content (AvgIpc) is 2.64. The van der Waals surface area contributed by atoms with Gasteiger partial charge in [0.05, 0.1) is 23.3 Å². The summed E-state index contributed by atoms with van der Waals surface area (Å²) in [5.74, 6) is -0.328. The quantitative estimate of drug-likeness (QED) is 0.785. The maximum Gasteiger partial charge on any atom is 0.309 e. The van der Waals surface area contributed by atoms with Gasteiger partial charge in [-0.25, -0.2) is 4.68 Å². The van der Waals surface area contributed by atoms with Gasteiger partial charge in [-0.1, -0.05) is 23.7 Å². The van der Waals surface area contributed by atoms with Crippen LogP contribution in [0, 0.1) is 30.6 Å². The van der Waals surface area contributed by atoms with Crippen LogP contribution in [-0.2, 0) is 10.3 Å². The maximum atomic E-state index is 13.3. The number of aromatic nitrogens is 2. The molecule has 6 nitrogen and oxygen atoms in total. The van der Waals surface area contributed by atoms with Gasteiger partial charge in [0.1, 0.15) is 5.02 Å². The van der Waals surface area contributed by atoms with Crippen LogP contribution in [0.1, 0.15) is 37.7 Å². The van der Waals surface area contributed by atoms with E-state index in [1.807, 2.05) is 31.2 Å². The van der Waals surface area contributed by atoms with Gasteiger partial charge in [-0.2, -0.15) is 5.10 Å². The van der Waals surface area contributed by atoms with Crippen LogP contribution in [0.4, 0.5) is 11.4 Å². The highest BCUT2D eigenvalue weighted by Gasteiger charge is 2.61. The molecule has 1 aromatic heterocycles. The lowest BCUT2D eigenvalue weighted by atomic mass is 9.48. The van der Waals surface area contributed by atoms with Gasteiger partial charge in [-0.15, -0.1) is 0 Å². The van der Waals surface area contributed by atoms with Gasteiger partial charge < -0.3 is 10.4 Å². The predicted octanol–water partition coefficient (Wildman–Crippen LogP) is 4.18. The molecule has 4 aliphatic rings. The summed E-state index contributed by atoms with van der Waals surface area (Å²) in [6.45, 7) is 1.99. The zero-order chi connectivity index (χ0) is 20.3. The van der Waals surface area contributed by atoms with Crippen LogP contribution in [0.25, 0.3) is 0 Å². The first-order valence-electron chi connectivity index (χ1n) is 10.2. The molecular weight excluding hydrogens is 390 g/mol. The monoisotopic (exact) mass is 413 g/mol. The molecule has 0 amide bonds. The molecule has 7 heteroatoms. The van der Waals surface area contributed by atoms with E-state index in [2.05, 4.69) is 10.4 Å². The first-order chi connectivity index (χ1) is 13.9. The Morgan fingerprint density at radius 2 is 2.00 bits per heavy atom. The van der Waals surface area contributed by atoms with E-state index < -0.39 is 23.0 Å². The molecule has 152 valence electrons. The van der Waals surface area contributed by atoms with Crippen molar-refractivity contribution in [3.05, 3.63) is 51.4 Å². The van der Waals surface area contributed by atoms with E-state index in [-0.39, 0.29) is 10.9 Å². The third-order valence-corrected chi connectivity index (χ3v) is 7.54. The molecule has 0 spiro atoms. The number of rotatable bonds is 4. The van der Waals surface area contributed by atoms with Crippen molar-refractivity contribution >= 4 is 28.9 Å². The number of benzene rings is 1. The van der Waals surface area contributed by atoms with Crippen molar-refractivity contribution in [2.24, 2.45) is 23.7 Å². The lowest BCUT2D eigenvalue weighted by Crippen LogP contribution is -2.63. The number of hydrogen-bond acceptors (Lipinski definition) is 4. The van der Waals surface area contributed by atoms with Crippen LogP contribution < -0.4 is 10.9 Å². The van der Waals surface area contributed by atoms with Gasteiger partial charge in [-0.05, 0) is 74.5 Å². The second kappa shape index (κ2) is 6.59. The maximum absolute atomic E-state index is 13.3. The first-order valence-corrected chi connectivity index (χ1v) is 10.6. The number of carboxylic acids is 1. The summed E-state index contributed by atoms with van der Waals surface area (Å²) in [4.78, 5) is 25.5. The average molecular weight is 414 g/mol. The molecule has 4 bridgehead atoms. The Morgan fingerprint density at radius 1 is 1.28 bits per heavy atom. The molecule has 1 aromatic carbocycles. The molecule has 0 aliphatic heterocycles. The van der Waals surface area contributed by atoms with E-state index >= 15 is 0 Å². The normalized spacial score (nSPS) is 32.3.